The van der Waals surface area contributed by atoms with Gasteiger partial charge >= 0.3 is 6.09 Å². The third kappa shape index (κ3) is 9.66. The molecule has 2 N–H and O–H groups in total. The number of nitrogens with zero attached hydrogens (tertiary/aromatic N) is 1. The van der Waals surface area contributed by atoms with Crippen LogP contribution in [0.15, 0.2) is 0 Å². The van der Waals surface area contributed by atoms with Gasteiger partial charge in [0, 0.05) is 32.3 Å². The van der Waals surface area contributed by atoms with Crippen LogP contribution < -0.4 is 5.32 Å². The fourth-order valence-corrected chi connectivity index (χ4v) is 1.73. The summed E-state index contributed by atoms with van der Waals surface area (Å²) in [6, 6.07) is 0. The highest BCUT2D eigenvalue weighted by molar-refractivity contribution is 5.69. The fraction of sp³-hybridized carbons (Fsp3) is 0.933. The van der Waals surface area contributed by atoms with Gasteiger partial charge in [0.05, 0.1) is 12.7 Å². The van der Waals surface area contributed by atoms with Gasteiger partial charge in [0.2, 0.25) is 0 Å². The van der Waals surface area contributed by atoms with E-state index in [1.54, 1.807) is 12.0 Å². The molecule has 0 spiro atoms. The maximum absolute atomic E-state index is 12.2. The van der Waals surface area contributed by atoms with Crippen LogP contribution in [-0.2, 0) is 9.47 Å². The third-order valence-corrected chi connectivity index (χ3v) is 2.67. The van der Waals surface area contributed by atoms with Crippen molar-refractivity contribution >= 4 is 6.09 Å². The molecule has 0 saturated carbocycles. The van der Waals surface area contributed by atoms with Gasteiger partial charge in [0.15, 0.2) is 0 Å². The smallest absolute Gasteiger partial charge is 0.410 e. The van der Waals surface area contributed by atoms with Crippen molar-refractivity contribution in [2.45, 2.75) is 58.8 Å². The highest BCUT2D eigenvalue weighted by Gasteiger charge is 2.30. The minimum atomic E-state index is -0.542. The molecule has 0 aromatic heterocycles. The number of aliphatic hydroxyl groups is 1. The third-order valence-electron chi connectivity index (χ3n) is 2.67. The number of carbonyl (C=O) groups is 1. The second-order valence-electron chi connectivity index (χ2n) is 7.12. The molecule has 6 heteroatoms. The maximum Gasteiger partial charge on any atom is 0.410 e. The van der Waals surface area contributed by atoms with Crippen molar-refractivity contribution in [2.24, 2.45) is 0 Å². The van der Waals surface area contributed by atoms with Gasteiger partial charge in [-0.05, 0) is 41.5 Å². The van der Waals surface area contributed by atoms with E-state index < -0.39 is 11.7 Å². The van der Waals surface area contributed by atoms with Gasteiger partial charge in [-0.25, -0.2) is 4.79 Å². The van der Waals surface area contributed by atoms with Crippen LogP contribution in [0, 0.1) is 0 Å². The summed E-state index contributed by atoms with van der Waals surface area (Å²) in [5.41, 5.74) is -0.835. The first-order valence-electron chi connectivity index (χ1n) is 7.35. The SMILES string of the molecule is COCC(O)CNCCN(C(=O)OC(C)(C)C)C(C)(C)C. The summed E-state index contributed by atoms with van der Waals surface area (Å²) in [5.74, 6) is 0. The number of carbonyl (C=O) groups excluding carboxylic acids is 1. The Bertz CT molecular complexity index is 308. The summed E-state index contributed by atoms with van der Waals surface area (Å²) < 4.78 is 10.3. The van der Waals surface area contributed by atoms with Gasteiger partial charge in [-0.15, -0.1) is 0 Å². The Hall–Kier alpha value is -0.850. The van der Waals surface area contributed by atoms with Crippen molar-refractivity contribution in [3.8, 4) is 0 Å². The van der Waals surface area contributed by atoms with E-state index in [0.29, 0.717) is 26.2 Å². The normalized spacial score (nSPS) is 13.9. The fourth-order valence-electron chi connectivity index (χ4n) is 1.73. The van der Waals surface area contributed by atoms with Gasteiger partial charge in [-0.2, -0.15) is 0 Å². The lowest BCUT2D eigenvalue weighted by molar-refractivity contribution is 0.00626. The lowest BCUT2D eigenvalue weighted by Gasteiger charge is -2.37. The zero-order valence-corrected chi connectivity index (χ0v) is 14.5. The molecular formula is C15H32N2O4. The summed E-state index contributed by atoms with van der Waals surface area (Å²) in [5, 5.41) is 12.7. The molecule has 21 heavy (non-hydrogen) atoms. The lowest BCUT2D eigenvalue weighted by atomic mass is 10.1. The zero-order valence-electron chi connectivity index (χ0n) is 14.5. The van der Waals surface area contributed by atoms with E-state index in [9.17, 15) is 9.90 Å². The Morgan fingerprint density at radius 3 is 2.24 bits per heavy atom. The first-order valence-corrected chi connectivity index (χ1v) is 7.35. The second-order valence-corrected chi connectivity index (χ2v) is 7.12. The topological polar surface area (TPSA) is 71.0 Å². The van der Waals surface area contributed by atoms with E-state index >= 15 is 0 Å². The molecule has 1 atom stereocenters. The standard InChI is InChI=1S/C15H32N2O4/c1-14(2,3)17(13(19)21-15(4,5)6)9-8-16-10-12(18)11-20-7/h12,16,18H,8-11H2,1-7H3. The predicted octanol–water partition coefficient (Wildman–Crippen LogP) is 1.62. The lowest BCUT2D eigenvalue weighted by Crippen LogP contribution is -2.50. The molecule has 0 rings (SSSR count). The van der Waals surface area contributed by atoms with Gasteiger partial charge in [-0.3, -0.25) is 0 Å². The summed E-state index contributed by atoms with van der Waals surface area (Å²) in [6.45, 7) is 13.3. The number of aliphatic hydroxyl groups excluding tert-OH is 1. The second kappa shape index (κ2) is 8.56. The number of ether oxygens (including phenoxy) is 2. The Morgan fingerprint density at radius 2 is 1.81 bits per heavy atom. The van der Waals surface area contributed by atoms with Gasteiger partial charge in [0.1, 0.15) is 5.60 Å². The van der Waals surface area contributed by atoms with Crippen molar-refractivity contribution in [3.05, 3.63) is 0 Å². The highest BCUT2D eigenvalue weighted by Crippen LogP contribution is 2.17. The molecular weight excluding hydrogens is 272 g/mol. The van der Waals surface area contributed by atoms with E-state index in [-0.39, 0.29) is 11.6 Å². The molecule has 0 heterocycles. The summed E-state index contributed by atoms with van der Waals surface area (Å²) in [7, 11) is 1.55. The zero-order chi connectivity index (χ0) is 16.7. The maximum atomic E-state index is 12.2. The average Bonchev–Trinajstić information content (AvgIpc) is 2.24. The first kappa shape index (κ1) is 20.1. The Labute approximate surface area is 128 Å². The van der Waals surface area contributed by atoms with Crippen LogP contribution >= 0.6 is 0 Å². The number of nitrogens with one attached hydrogen (secondary N) is 1. The summed E-state index contributed by atoms with van der Waals surface area (Å²) >= 11 is 0. The molecule has 0 fully saturated rings. The van der Waals surface area contributed by atoms with E-state index in [1.807, 2.05) is 41.5 Å². The summed E-state index contributed by atoms with van der Waals surface area (Å²) in [6.07, 6.45) is -0.867. The Kier molecular flexibility index (Phi) is 8.21. The van der Waals surface area contributed by atoms with Gasteiger partial charge in [-0.1, -0.05) is 0 Å². The molecule has 0 bridgehead atoms. The molecule has 126 valence electrons. The van der Waals surface area contributed by atoms with Crippen LogP contribution in [-0.4, -0.2) is 66.7 Å². The number of methoxy groups -OCH3 is 1. The number of amides is 1. The summed E-state index contributed by atoms with van der Waals surface area (Å²) in [4.78, 5) is 13.9. The van der Waals surface area contributed by atoms with E-state index in [0.717, 1.165) is 0 Å². The minimum absolute atomic E-state index is 0.294. The van der Waals surface area contributed by atoms with Crippen LogP contribution in [0.2, 0.25) is 0 Å². The molecule has 6 nitrogen and oxygen atoms in total. The van der Waals surface area contributed by atoms with Crippen LogP contribution in [0.1, 0.15) is 41.5 Å². The molecule has 0 aromatic carbocycles. The molecule has 0 radical (unpaired) electrons. The quantitative estimate of drug-likeness (QED) is 0.699. The minimum Gasteiger partial charge on any atom is -0.444 e. The molecule has 0 aromatic rings. The molecule has 0 aliphatic carbocycles. The van der Waals surface area contributed by atoms with Gasteiger partial charge in [0.25, 0.3) is 0 Å². The largest absolute Gasteiger partial charge is 0.444 e. The first-order chi connectivity index (χ1) is 9.47. The molecule has 1 unspecified atom stereocenters. The van der Waals surface area contributed by atoms with Crippen molar-refractivity contribution < 1.29 is 19.4 Å². The van der Waals surface area contributed by atoms with Crippen LogP contribution in [0.5, 0.6) is 0 Å². The van der Waals surface area contributed by atoms with Crippen molar-refractivity contribution in [1.29, 1.82) is 0 Å². The van der Waals surface area contributed by atoms with E-state index in [1.165, 1.54) is 0 Å². The monoisotopic (exact) mass is 304 g/mol. The number of hydrogen-bond acceptors (Lipinski definition) is 5. The van der Waals surface area contributed by atoms with E-state index in [4.69, 9.17) is 9.47 Å². The van der Waals surface area contributed by atoms with Crippen molar-refractivity contribution in [2.75, 3.05) is 33.4 Å². The Morgan fingerprint density at radius 1 is 1.24 bits per heavy atom. The van der Waals surface area contributed by atoms with Crippen molar-refractivity contribution in [3.63, 3.8) is 0 Å². The number of hydrogen-bond donors (Lipinski definition) is 2. The number of rotatable bonds is 7. The predicted molar refractivity (Wildman–Crippen MR) is 83.4 cm³/mol. The Balaban J connectivity index is 4.37. The molecule has 0 saturated heterocycles. The molecule has 0 aliphatic heterocycles. The van der Waals surface area contributed by atoms with Crippen LogP contribution in [0.3, 0.4) is 0 Å². The van der Waals surface area contributed by atoms with Gasteiger partial charge < -0.3 is 24.8 Å². The van der Waals surface area contributed by atoms with Crippen LogP contribution in [0.25, 0.3) is 0 Å². The van der Waals surface area contributed by atoms with Crippen LogP contribution in [0.4, 0.5) is 4.79 Å². The average molecular weight is 304 g/mol. The van der Waals surface area contributed by atoms with E-state index in [2.05, 4.69) is 5.32 Å². The molecule has 0 aliphatic rings. The highest BCUT2D eigenvalue weighted by atomic mass is 16.6. The molecule has 1 amide bonds. The van der Waals surface area contributed by atoms with Crippen molar-refractivity contribution in [1.82, 2.24) is 10.2 Å².